The molecule has 1 rings (SSSR count). The summed E-state index contributed by atoms with van der Waals surface area (Å²) in [7, 11) is 0. The Morgan fingerprint density at radius 2 is 2.44 bits per heavy atom. The van der Waals surface area contributed by atoms with Crippen molar-refractivity contribution in [2.45, 2.75) is 6.92 Å². The zero-order chi connectivity index (χ0) is 6.85. The predicted molar refractivity (Wildman–Crippen MR) is 34.0 cm³/mol. The van der Waals surface area contributed by atoms with Gasteiger partial charge in [-0.3, -0.25) is 4.68 Å². The molecule has 0 unspecified atom stereocenters. The van der Waals surface area contributed by atoms with E-state index in [2.05, 4.69) is 0 Å². The standard InChI is InChI=1S/C6H7N3/c1-5-2-3-9(8)6(5)4-7/h2-3H,8H2,1H3. The van der Waals surface area contributed by atoms with Crippen LogP contribution >= 0.6 is 0 Å². The Bertz CT molecular complexity index is 234. The van der Waals surface area contributed by atoms with Crippen LogP contribution in [0.2, 0.25) is 0 Å². The number of hydrogen-bond acceptors (Lipinski definition) is 2. The topological polar surface area (TPSA) is 54.7 Å². The molecule has 1 aromatic rings. The molecule has 0 radical (unpaired) electrons. The molecule has 1 heterocycles. The van der Waals surface area contributed by atoms with E-state index in [-0.39, 0.29) is 0 Å². The largest absolute Gasteiger partial charge is 0.338 e. The molecule has 0 aromatic carbocycles. The highest BCUT2D eigenvalue weighted by Gasteiger charge is 1.98. The Hall–Kier alpha value is -1.43. The first-order chi connectivity index (χ1) is 4.25. The normalized spacial score (nSPS) is 8.89. The molecule has 0 aliphatic carbocycles. The molecule has 0 bridgehead atoms. The van der Waals surface area contributed by atoms with E-state index in [0.29, 0.717) is 5.69 Å². The maximum Gasteiger partial charge on any atom is 0.142 e. The van der Waals surface area contributed by atoms with Crippen molar-refractivity contribution in [2.24, 2.45) is 0 Å². The van der Waals surface area contributed by atoms with Gasteiger partial charge in [-0.15, -0.1) is 0 Å². The van der Waals surface area contributed by atoms with Gasteiger partial charge in [-0.25, -0.2) is 0 Å². The second-order valence-electron chi connectivity index (χ2n) is 1.87. The van der Waals surface area contributed by atoms with Gasteiger partial charge in [0.1, 0.15) is 11.8 Å². The lowest BCUT2D eigenvalue weighted by molar-refractivity contribution is 0.988. The molecule has 0 aliphatic heterocycles. The van der Waals surface area contributed by atoms with Gasteiger partial charge in [0.2, 0.25) is 0 Å². The minimum Gasteiger partial charge on any atom is -0.338 e. The monoisotopic (exact) mass is 121 g/mol. The average Bonchev–Trinajstić information content (AvgIpc) is 2.12. The molecule has 0 aliphatic rings. The number of nitriles is 1. The molecule has 0 saturated heterocycles. The number of rotatable bonds is 0. The van der Waals surface area contributed by atoms with Gasteiger partial charge < -0.3 is 5.84 Å². The summed E-state index contributed by atoms with van der Waals surface area (Å²) < 4.78 is 1.31. The van der Waals surface area contributed by atoms with Crippen molar-refractivity contribution in [3.8, 4) is 6.07 Å². The molecule has 2 N–H and O–H groups in total. The van der Waals surface area contributed by atoms with Crippen molar-refractivity contribution in [3.63, 3.8) is 0 Å². The van der Waals surface area contributed by atoms with Gasteiger partial charge in [-0.2, -0.15) is 5.26 Å². The van der Waals surface area contributed by atoms with Gasteiger partial charge in [0.15, 0.2) is 0 Å². The number of hydrogen-bond donors (Lipinski definition) is 1. The van der Waals surface area contributed by atoms with E-state index in [1.807, 2.05) is 13.0 Å². The van der Waals surface area contributed by atoms with E-state index in [9.17, 15) is 0 Å². The number of aryl methyl sites for hydroxylation is 1. The Kier molecular flexibility index (Phi) is 1.16. The van der Waals surface area contributed by atoms with Crippen molar-refractivity contribution < 1.29 is 0 Å². The summed E-state index contributed by atoms with van der Waals surface area (Å²) in [5, 5.41) is 8.44. The fourth-order valence-corrected chi connectivity index (χ4v) is 0.695. The van der Waals surface area contributed by atoms with Crippen LogP contribution in [0.25, 0.3) is 0 Å². The van der Waals surface area contributed by atoms with Gasteiger partial charge in [-0.05, 0) is 18.6 Å². The first kappa shape index (κ1) is 5.70. The van der Waals surface area contributed by atoms with Gasteiger partial charge in [0, 0.05) is 6.20 Å². The molecule has 0 saturated carbocycles. The SMILES string of the molecule is Cc1ccn(N)c1C#N. The van der Waals surface area contributed by atoms with Gasteiger partial charge >= 0.3 is 0 Å². The third-order valence-electron chi connectivity index (χ3n) is 1.22. The van der Waals surface area contributed by atoms with E-state index in [0.717, 1.165) is 5.56 Å². The first-order valence-corrected chi connectivity index (χ1v) is 2.59. The quantitative estimate of drug-likeness (QED) is 0.504. The summed E-state index contributed by atoms with van der Waals surface area (Å²) in [6, 6.07) is 3.79. The van der Waals surface area contributed by atoms with Crippen LogP contribution in [0.1, 0.15) is 11.3 Å². The summed E-state index contributed by atoms with van der Waals surface area (Å²) in [6.45, 7) is 1.85. The van der Waals surface area contributed by atoms with Crippen LogP contribution in [0.3, 0.4) is 0 Å². The second-order valence-corrected chi connectivity index (χ2v) is 1.87. The predicted octanol–water partition coefficient (Wildman–Crippen LogP) is 0.382. The van der Waals surface area contributed by atoms with Crippen LogP contribution < -0.4 is 5.84 Å². The van der Waals surface area contributed by atoms with Crippen LogP contribution in [-0.4, -0.2) is 4.68 Å². The summed E-state index contributed by atoms with van der Waals surface area (Å²) >= 11 is 0. The van der Waals surface area contributed by atoms with Gasteiger partial charge in [0.25, 0.3) is 0 Å². The minimum atomic E-state index is 0.523. The lowest BCUT2D eigenvalue weighted by Gasteiger charge is -1.90. The number of aromatic nitrogens is 1. The molecule has 3 nitrogen and oxygen atoms in total. The van der Waals surface area contributed by atoms with Crippen LogP contribution in [-0.2, 0) is 0 Å². The van der Waals surface area contributed by atoms with Crippen molar-refractivity contribution in [1.29, 1.82) is 5.26 Å². The third kappa shape index (κ3) is 0.745. The highest BCUT2D eigenvalue weighted by molar-refractivity contribution is 5.31. The van der Waals surface area contributed by atoms with E-state index < -0.39 is 0 Å². The Balaban J connectivity index is 3.27. The number of nitrogens with two attached hydrogens (primary N) is 1. The third-order valence-corrected chi connectivity index (χ3v) is 1.22. The summed E-state index contributed by atoms with van der Waals surface area (Å²) in [4.78, 5) is 0. The van der Waals surface area contributed by atoms with E-state index >= 15 is 0 Å². The minimum absolute atomic E-state index is 0.523. The molecule has 3 heteroatoms. The zero-order valence-electron chi connectivity index (χ0n) is 5.13. The molecule has 0 spiro atoms. The van der Waals surface area contributed by atoms with Crippen molar-refractivity contribution in [2.75, 3.05) is 5.84 Å². The zero-order valence-corrected chi connectivity index (χ0v) is 5.13. The Morgan fingerprint density at radius 3 is 2.67 bits per heavy atom. The van der Waals surface area contributed by atoms with E-state index in [1.165, 1.54) is 4.68 Å². The number of nitrogens with zero attached hydrogens (tertiary/aromatic N) is 2. The van der Waals surface area contributed by atoms with Crippen LogP contribution in [0.4, 0.5) is 0 Å². The van der Waals surface area contributed by atoms with Crippen LogP contribution in [0.15, 0.2) is 12.3 Å². The molecule has 0 amide bonds. The summed E-state index contributed by atoms with van der Waals surface area (Å²) in [5.74, 6) is 5.35. The lowest BCUT2D eigenvalue weighted by atomic mass is 10.3. The smallest absolute Gasteiger partial charge is 0.142 e. The highest BCUT2D eigenvalue weighted by Crippen LogP contribution is 2.03. The van der Waals surface area contributed by atoms with Gasteiger partial charge in [0.05, 0.1) is 0 Å². The molecule has 0 fully saturated rings. The Morgan fingerprint density at radius 1 is 1.78 bits per heavy atom. The maximum absolute atomic E-state index is 8.44. The molecular formula is C6H7N3. The molecule has 0 atom stereocenters. The van der Waals surface area contributed by atoms with E-state index in [4.69, 9.17) is 11.1 Å². The lowest BCUT2D eigenvalue weighted by Crippen LogP contribution is -2.08. The van der Waals surface area contributed by atoms with Gasteiger partial charge in [-0.1, -0.05) is 0 Å². The summed E-state index contributed by atoms with van der Waals surface area (Å²) in [6.07, 6.45) is 1.66. The maximum atomic E-state index is 8.44. The molecular weight excluding hydrogens is 114 g/mol. The van der Waals surface area contributed by atoms with Crippen LogP contribution in [0.5, 0.6) is 0 Å². The average molecular weight is 121 g/mol. The fraction of sp³-hybridized carbons (Fsp3) is 0.167. The highest BCUT2D eigenvalue weighted by atomic mass is 15.3. The fourth-order valence-electron chi connectivity index (χ4n) is 0.695. The van der Waals surface area contributed by atoms with Crippen molar-refractivity contribution >= 4 is 0 Å². The molecule has 46 valence electrons. The Labute approximate surface area is 53.3 Å². The van der Waals surface area contributed by atoms with Crippen molar-refractivity contribution in [3.05, 3.63) is 23.5 Å². The van der Waals surface area contributed by atoms with Crippen LogP contribution in [0, 0.1) is 18.3 Å². The molecule has 9 heavy (non-hydrogen) atoms. The first-order valence-electron chi connectivity index (χ1n) is 2.59. The number of nitrogen functional groups attached to an aromatic ring is 1. The molecule has 1 aromatic heterocycles. The van der Waals surface area contributed by atoms with Crippen molar-refractivity contribution in [1.82, 2.24) is 4.68 Å². The summed E-state index contributed by atoms with van der Waals surface area (Å²) in [5.41, 5.74) is 1.44. The second kappa shape index (κ2) is 1.82. The van der Waals surface area contributed by atoms with E-state index in [1.54, 1.807) is 12.3 Å².